The normalized spacial score (nSPS) is 11.1. The number of halogens is 3. The minimum Gasteiger partial charge on any atom is -0.741 e. The molecule has 0 aromatic heterocycles. The molecular weight excluding hydrogens is 991 g/mol. The van der Waals surface area contributed by atoms with Crippen molar-refractivity contribution in [3.63, 3.8) is 0 Å². The average molecular weight is 1040 g/mol. The van der Waals surface area contributed by atoms with Crippen LogP contribution in [0.4, 0.5) is 13.2 Å². The van der Waals surface area contributed by atoms with Gasteiger partial charge in [-0.25, -0.2) is 8.42 Å². The summed E-state index contributed by atoms with van der Waals surface area (Å²) in [4.78, 5) is 0. The summed E-state index contributed by atoms with van der Waals surface area (Å²) in [6, 6.07) is 88.9. The summed E-state index contributed by atoms with van der Waals surface area (Å²) < 4.78 is 58.9. The minimum absolute atomic E-state index is 0. The molecule has 0 aliphatic heterocycles. The van der Waals surface area contributed by atoms with Crippen molar-refractivity contribution in [3.05, 3.63) is 243 Å². The van der Waals surface area contributed by atoms with E-state index >= 15 is 0 Å². The second kappa shape index (κ2) is 26.7. The van der Waals surface area contributed by atoms with Crippen molar-refractivity contribution >= 4 is 84.2 Å². The first kappa shape index (κ1) is 52.4. The van der Waals surface area contributed by atoms with Crippen LogP contribution in [0.2, 0.25) is 0 Å². The standard InChI is InChI=1S/2C25H22P2.CHF3O3S.H2O.Ru/c2*1-5-13-22(14-6-1)26(23-15-7-2-8-16-23)21-27(24-17-9-3-10-18-24)25-19-11-4-12-20-25;2-1(3,4)8(5,6)7;;/h2*1-20H,21H2;(H,5,6,7);1H2;/q;;;;+2/p+4. The summed E-state index contributed by atoms with van der Waals surface area (Å²) in [7, 11) is -9.48. The fraction of sp³-hybridized carbons (Fsp3) is 0.0588. The van der Waals surface area contributed by atoms with Gasteiger partial charge in [-0.2, -0.15) is 13.2 Å². The molecule has 8 aromatic carbocycles. The smallest absolute Gasteiger partial charge is 0.741 e. The van der Waals surface area contributed by atoms with Crippen LogP contribution in [0.1, 0.15) is 0 Å². The molecule has 0 saturated carbocycles. The summed E-state index contributed by atoms with van der Waals surface area (Å²) in [5, 5.41) is 12.0. The molecule has 0 heterocycles. The fourth-order valence-corrected chi connectivity index (χ4v) is 22.4. The molecule has 0 unspecified atom stereocenters. The molecule has 0 aliphatic rings. The van der Waals surface area contributed by atoms with Gasteiger partial charge in [-0.05, 0) is 97.1 Å². The monoisotopic (exact) mass is 1040 g/mol. The van der Waals surface area contributed by atoms with Gasteiger partial charge in [0, 0.05) is 0 Å². The first-order chi connectivity index (χ1) is 30.1. The van der Waals surface area contributed by atoms with E-state index in [-0.39, 0.29) is 25.0 Å². The number of benzene rings is 8. The molecule has 0 amide bonds. The van der Waals surface area contributed by atoms with Crippen molar-refractivity contribution in [2.75, 3.05) is 11.8 Å². The Balaban J connectivity index is 0.000000234. The Morgan fingerprint density at radius 3 is 0.531 bits per heavy atom. The summed E-state index contributed by atoms with van der Waals surface area (Å²) in [5.41, 5.74) is -5.65. The zero-order chi connectivity index (χ0) is 43.6. The van der Waals surface area contributed by atoms with Crippen LogP contribution in [-0.4, -0.2) is 30.3 Å². The Morgan fingerprint density at radius 1 is 0.328 bits per heavy atom. The third-order valence-corrected chi connectivity index (χ3v) is 24.4. The van der Waals surface area contributed by atoms with Gasteiger partial charge in [0.05, 0.1) is 0 Å². The van der Waals surface area contributed by atoms with Crippen LogP contribution in [0.5, 0.6) is 0 Å². The van der Waals surface area contributed by atoms with E-state index in [0.29, 0.717) is 0 Å². The molecule has 64 heavy (non-hydrogen) atoms. The van der Waals surface area contributed by atoms with E-state index in [1.807, 2.05) is 0 Å². The maximum atomic E-state index is 10.7. The molecule has 0 radical (unpaired) electrons. The zero-order valence-corrected chi connectivity index (χ0v) is 41.3. The minimum atomic E-state index is -6.09. The molecule has 328 valence electrons. The fourth-order valence-electron chi connectivity index (χ4n) is 6.95. The molecule has 8 aromatic rings. The van der Waals surface area contributed by atoms with Gasteiger partial charge < -0.3 is 10.0 Å². The van der Waals surface area contributed by atoms with Crippen LogP contribution in [0.3, 0.4) is 0 Å². The molecule has 13 heteroatoms. The maximum absolute atomic E-state index is 10.7. The molecule has 0 atom stereocenters. The second-order valence-corrected chi connectivity index (χ2v) is 26.7. The third kappa shape index (κ3) is 15.7. The van der Waals surface area contributed by atoms with Gasteiger partial charge in [0.2, 0.25) is 0 Å². The van der Waals surface area contributed by atoms with E-state index in [1.54, 1.807) is 0 Å². The Hall–Kier alpha value is -4.24. The predicted molar refractivity (Wildman–Crippen MR) is 272 cm³/mol. The second-order valence-electron chi connectivity index (χ2n) is 14.1. The summed E-state index contributed by atoms with van der Waals surface area (Å²) in [5.74, 6) is 2.49. The third-order valence-electron chi connectivity index (χ3n) is 9.97. The Morgan fingerprint density at radius 2 is 0.438 bits per heavy atom. The number of hydrogen-bond donors (Lipinski definition) is 0. The number of rotatable bonds is 12. The zero-order valence-electron chi connectivity index (χ0n) is 34.7. The van der Waals surface area contributed by atoms with E-state index in [1.165, 1.54) is 54.2 Å². The van der Waals surface area contributed by atoms with Crippen LogP contribution in [0.25, 0.3) is 0 Å². The molecule has 0 fully saturated rings. The molecule has 0 saturated heterocycles. The summed E-state index contributed by atoms with van der Waals surface area (Å²) >= 11 is 0. The largest absolute Gasteiger partial charge is 2.00 e. The molecule has 0 spiro atoms. The molecular formula is C51H51F3O4P4RuS+6. The first-order valence-electron chi connectivity index (χ1n) is 20.0. The van der Waals surface area contributed by atoms with Gasteiger partial charge in [-0.15, -0.1) is 0 Å². The molecule has 0 bridgehead atoms. The van der Waals surface area contributed by atoms with E-state index in [2.05, 4.69) is 243 Å². The first-order valence-corrected chi connectivity index (χ1v) is 28.2. The van der Waals surface area contributed by atoms with Crippen molar-refractivity contribution in [2.24, 2.45) is 0 Å². The van der Waals surface area contributed by atoms with E-state index < -0.39 is 47.3 Å². The van der Waals surface area contributed by atoms with Crippen molar-refractivity contribution in [3.8, 4) is 0 Å². The van der Waals surface area contributed by atoms with Gasteiger partial charge in [0.15, 0.2) is 21.9 Å². The van der Waals surface area contributed by atoms with E-state index in [9.17, 15) is 13.2 Å². The molecule has 0 aliphatic carbocycles. The Kier molecular flexibility index (Phi) is 21.8. The van der Waals surface area contributed by atoms with Crippen molar-refractivity contribution < 1.29 is 51.1 Å². The summed E-state index contributed by atoms with van der Waals surface area (Å²) in [6.45, 7) is 0. The molecule has 4 nitrogen and oxygen atoms in total. The van der Waals surface area contributed by atoms with Gasteiger partial charge in [0.1, 0.15) is 74.1 Å². The van der Waals surface area contributed by atoms with Gasteiger partial charge in [-0.1, -0.05) is 146 Å². The van der Waals surface area contributed by atoms with Crippen LogP contribution in [-0.2, 0) is 35.1 Å². The topological polar surface area (TPSA) is 90.2 Å². The maximum Gasteiger partial charge on any atom is 2.00 e. The number of alkyl halides is 3. The van der Waals surface area contributed by atoms with Crippen LogP contribution < -0.4 is 42.4 Å². The van der Waals surface area contributed by atoms with Crippen LogP contribution >= 0.6 is 31.7 Å². The Labute approximate surface area is 392 Å². The Bertz CT molecular complexity index is 2110. The quantitative estimate of drug-likeness (QED) is 0.0405. The SMILES string of the molecule is O=S(=O)([O-])C(F)(F)F.[OH3+].[Ru+2].c1ccc([PH+](C[PH+](c2ccccc2)c2ccccc2)c2ccccc2)cc1.c1ccc([PH+](C[PH+](c2ccccc2)c2ccccc2)c2ccccc2)cc1. The molecule has 8 rings (SSSR count). The van der Waals surface area contributed by atoms with E-state index in [4.69, 9.17) is 13.0 Å². The van der Waals surface area contributed by atoms with E-state index in [0.717, 1.165) is 0 Å². The molecule has 3 N–H and O–H groups in total. The predicted octanol–water partition coefficient (Wildman–Crippen LogP) is 8.48. The number of hydrogen-bond acceptors (Lipinski definition) is 3. The average Bonchev–Trinajstić information content (AvgIpc) is 3.32. The van der Waals surface area contributed by atoms with Gasteiger partial charge in [-0.3, -0.25) is 0 Å². The van der Waals surface area contributed by atoms with Gasteiger partial charge in [0.25, 0.3) is 0 Å². The van der Waals surface area contributed by atoms with Crippen molar-refractivity contribution in [2.45, 2.75) is 5.51 Å². The van der Waals surface area contributed by atoms with Crippen molar-refractivity contribution in [1.82, 2.24) is 0 Å². The van der Waals surface area contributed by atoms with Crippen LogP contribution in [0.15, 0.2) is 243 Å². The summed E-state index contributed by atoms with van der Waals surface area (Å²) in [6.07, 6.45) is 0. The van der Waals surface area contributed by atoms with Crippen LogP contribution in [0, 0.1) is 0 Å². The van der Waals surface area contributed by atoms with Gasteiger partial charge >= 0.3 is 25.0 Å². The van der Waals surface area contributed by atoms with Crippen molar-refractivity contribution in [1.29, 1.82) is 0 Å².